The van der Waals surface area contributed by atoms with Crippen molar-refractivity contribution in [2.45, 2.75) is 6.92 Å². The molecule has 1 aromatic heterocycles. The molecule has 0 fully saturated rings. The number of ether oxygens (including phenoxy) is 1. The van der Waals surface area contributed by atoms with Gasteiger partial charge in [-0.15, -0.1) is 0 Å². The van der Waals surface area contributed by atoms with Gasteiger partial charge in [-0.05, 0) is 12.5 Å². The molecule has 64 valence electrons. The molecule has 1 aromatic rings. The van der Waals surface area contributed by atoms with Crippen LogP contribution in [0.4, 0.5) is 0 Å². The van der Waals surface area contributed by atoms with Crippen molar-refractivity contribution < 1.29 is 14.6 Å². The number of aromatic nitrogens is 2. The molecule has 1 N–H and O–H groups in total. The van der Waals surface area contributed by atoms with Gasteiger partial charge in [-0.1, -0.05) is 0 Å². The van der Waals surface area contributed by atoms with Crippen molar-refractivity contribution in [3.63, 3.8) is 0 Å². The van der Waals surface area contributed by atoms with Gasteiger partial charge < -0.3 is 9.84 Å². The Morgan fingerprint density at radius 2 is 2.17 bits per heavy atom. The number of carbonyl (C=O) groups is 1. The molecule has 0 aliphatic carbocycles. The highest BCUT2D eigenvalue weighted by atomic mass is 16.5. The van der Waals surface area contributed by atoms with Gasteiger partial charge in [-0.25, -0.2) is 14.8 Å². The first-order chi connectivity index (χ1) is 5.68. The summed E-state index contributed by atoms with van der Waals surface area (Å²) in [6, 6.07) is 0.0861. The second kappa shape index (κ2) is 3.66. The van der Waals surface area contributed by atoms with Crippen LogP contribution in [0.15, 0.2) is 12.4 Å². The molecular weight excluding hydrogens is 160 g/mol. The number of hydrogen-bond acceptors (Lipinski definition) is 4. The first-order valence-corrected chi connectivity index (χ1v) is 3.32. The molecule has 0 aliphatic rings. The summed E-state index contributed by atoms with van der Waals surface area (Å²) in [4.78, 5) is 17.6. The molecule has 0 unspecified atom stereocenters. The van der Waals surface area contributed by atoms with Crippen molar-refractivity contribution >= 4 is 5.97 Å². The summed E-state index contributed by atoms with van der Waals surface area (Å²) >= 11 is 0. The average Bonchev–Trinajstić information content (AvgIpc) is 2.03. The fourth-order valence-corrected chi connectivity index (χ4v) is 0.582. The smallest absolute Gasteiger partial charge is 0.341 e. The second-order valence-electron chi connectivity index (χ2n) is 2.23. The molecule has 5 nitrogen and oxygen atoms in total. The Morgan fingerprint density at radius 3 is 2.67 bits per heavy atom. The van der Waals surface area contributed by atoms with Crippen LogP contribution in [0.2, 0.25) is 0 Å². The van der Waals surface area contributed by atoms with E-state index in [0.29, 0.717) is 0 Å². The van der Waals surface area contributed by atoms with E-state index in [0.717, 1.165) is 5.56 Å². The Bertz CT molecular complexity index is 270. The predicted molar refractivity (Wildman–Crippen MR) is 39.9 cm³/mol. The summed E-state index contributed by atoms with van der Waals surface area (Å²) in [7, 11) is 0. The molecule has 0 saturated carbocycles. The van der Waals surface area contributed by atoms with E-state index in [1.807, 2.05) is 6.92 Å². The van der Waals surface area contributed by atoms with Gasteiger partial charge in [-0.3, -0.25) is 0 Å². The molecule has 0 radical (unpaired) electrons. The average molecular weight is 168 g/mol. The molecular formula is C7H8N2O3. The minimum Gasteiger partial charge on any atom is -0.479 e. The zero-order chi connectivity index (χ0) is 8.97. The van der Waals surface area contributed by atoms with Gasteiger partial charge in [0.05, 0.1) is 0 Å². The van der Waals surface area contributed by atoms with Crippen molar-refractivity contribution in [2.75, 3.05) is 6.61 Å². The second-order valence-corrected chi connectivity index (χ2v) is 2.23. The molecule has 5 heteroatoms. The van der Waals surface area contributed by atoms with Crippen LogP contribution in [0.1, 0.15) is 5.56 Å². The molecule has 12 heavy (non-hydrogen) atoms. The van der Waals surface area contributed by atoms with E-state index in [1.165, 1.54) is 0 Å². The molecule has 0 saturated heterocycles. The van der Waals surface area contributed by atoms with E-state index in [9.17, 15) is 4.79 Å². The van der Waals surface area contributed by atoms with Crippen LogP contribution in [0.5, 0.6) is 6.01 Å². The highest BCUT2D eigenvalue weighted by Crippen LogP contribution is 2.00. The first-order valence-electron chi connectivity index (χ1n) is 3.32. The van der Waals surface area contributed by atoms with Crippen LogP contribution in [0.25, 0.3) is 0 Å². The number of carboxylic acids is 1. The molecule has 1 rings (SSSR count). The monoisotopic (exact) mass is 168 g/mol. The van der Waals surface area contributed by atoms with Crippen LogP contribution < -0.4 is 4.74 Å². The van der Waals surface area contributed by atoms with Crippen LogP contribution >= 0.6 is 0 Å². The summed E-state index contributed by atoms with van der Waals surface area (Å²) in [6.45, 7) is 1.42. The first kappa shape index (κ1) is 8.45. The summed E-state index contributed by atoms with van der Waals surface area (Å²) in [5, 5.41) is 8.25. The molecule has 0 amide bonds. The maximum Gasteiger partial charge on any atom is 0.341 e. The molecule has 1 heterocycles. The quantitative estimate of drug-likeness (QED) is 0.700. The van der Waals surface area contributed by atoms with Crippen LogP contribution in [0.3, 0.4) is 0 Å². The zero-order valence-electron chi connectivity index (χ0n) is 6.52. The number of aryl methyl sites for hydroxylation is 1. The van der Waals surface area contributed by atoms with Gasteiger partial charge in [0.2, 0.25) is 0 Å². The zero-order valence-corrected chi connectivity index (χ0v) is 6.52. The number of hydrogen-bond donors (Lipinski definition) is 1. The number of nitrogens with zero attached hydrogens (tertiary/aromatic N) is 2. The topological polar surface area (TPSA) is 72.3 Å². The Morgan fingerprint density at radius 1 is 1.58 bits per heavy atom. The Balaban J connectivity index is 2.53. The SMILES string of the molecule is Cc1cnc(OCC(=O)O)nc1. The lowest BCUT2D eigenvalue weighted by atomic mass is 10.4. The Labute approximate surface area is 69.0 Å². The summed E-state index contributed by atoms with van der Waals surface area (Å²) in [5.74, 6) is -1.04. The molecule has 0 aromatic carbocycles. The van der Waals surface area contributed by atoms with E-state index < -0.39 is 12.6 Å². The Kier molecular flexibility index (Phi) is 2.57. The van der Waals surface area contributed by atoms with Crippen LogP contribution in [-0.4, -0.2) is 27.7 Å². The third-order valence-electron chi connectivity index (χ3n) is 1.08. The molecule has 0 aliphatic heterocycles. The normalized spacial score (nSPS) is 9.42. The number of carboxylic acid groups (broad SMARTS) is 1. The van der Waals surface area contributed by atoms with Gasteiger partial charge in [0.25, 0.3) is 0 Å². The standard InChI is InChI=1S/C7H8N2O3/c1-5-2-8-7(9-3-5)12-4-6(10)11/h2-3H,4H2,1H3,(H,10,11). The Hall–Kier alpha value is -1.65. The maximum absolute atomic E-state index is 10.1. The lowest BCUT2D eigenvalue weighted by Crippen LogP contribution is -2.11. The fraction of sp³-hybridized carbons (Fsp3) is 0.286. The fourth-order valence-electron chi connectivity index (χ4n) is 0.582. The van der Waals surface area contributed by atoms with E-state index in [4.69, 9.17) is 9.84 Å². The van der Waals surface area contributed by atoms with Crippen molar-refractivity contribution in [1.29, 1.82) is 0 Å². The van der Waals surface area contributed by atoms with Crippen molar-refractivity contribution in [3.8, 4) is 6.01 Å². The van der Waals surface area contributed by atoms with Gasteiger partial charge >= 0.3 is 12.0 Å². The van der Waals surface area contributed by atoms with Gasteiger partial charge in [0.15, 0.2) is 6.61 Å². The van der Waals surface area contributed by atoms with Gasteiger partial charge in [-0.2, -0.15) is 0 Å². The van der Waals surface area contributed by atoms with E-state index in [2.05, 4.69) is 9.97 Å². The highest BCUT2D eigenvalue weighted by Gasteiger charge is 2.00. The predicted octanol–water partition coefficient (Wildman–Crippen LogP) is 0.248. The minimum absolute atomic E-state index is 0.0861. The third-order valence-corrected chi connectivity index (χ3v) is 1.08. The molecule has 0 spiro atoms. The van der Waals surface area contributed by atoms with Crippen molar-refractivity contribution in [2.24, 2.45) is 0 Å². The summed E-state index contributed by atoms with van der Waals surface area (Å²) in [5.41, 5.74) is 0.901. The number of aliphatic carboxylic acids is 1. The summed E-state index contributed by atoms with van der Waals surface area (Å²) < 4.78 is 4.70. The largest absolute Gasteiger partial charge is 0.479 e. The molecule has 0 atom stereocenters. The van der Waals surface area contributed by atoms with E-state index >= 15 is 0 Å². The van der Waals surface area contributed by atoms with Gasteiger partial charge in [0.1, 0.15) is 0 Å². The van der Waals surface area contributed by atoms with Crippen molar-refractivity contribution in [3.05, 3.63) is 18.0 Å². The highest BCUT2D eigenvalue weighted by molar-refractivity contribution is 5.68. The van der Waals surface area contributed by atoms with Crippen LogP contribution in [-0.2, 0) is 4.79 Å². The van der Waals surface area contributed by atoms with Gasteiger partial charge in [0, 0.05) is 12.4 Å². The lowest BCUT2D eigenvalue weighted by molar-refractivity contribution is -0.139. The number of rotatable bonds is 3. The van der Waals surface area contributed by atoms with Crippen molar-refractivity contribution in [1.82, 2.24) is 9.97 Å². The van der Waals surface area contributed by atoms with E-state index in [-0.39, 0.29) is 6.01 Å². The minimum atomic E-state index is -1.04. The van der Waals surface area contributed by atoms with E-state index in [1.54, 1.807) is 12.4 Å². The van der Waals surface area contributed by atoms with Crippen LogP contribution in [0, 0.1) is 6.92 Å². The summed E-state index contributed by atoms with van der Waals surface area (Å²) in [6.07, 6.45) is 3.12. The lowest BCUT2D eigenvalue weighted by Gasteiger charge is -1.99. The maximum atomic E-state index is 10.1. The molecule has 0 bridgehead atoms. The third kappa shape index (κ3) is 2.53.